The van der Waals surface area contributed by atoms with Gasteiger partial charge in [-0.3, -0.25) is 10.1 Å². The minimum Gasteiger partial charge on any atom is -0.326 e. The average molecular weight is 526 g/mol. The average Bonchev–Trinajstić information content (AvgIpc) is 3.32. The SMILES string of the molecule is Cc1cccc(-c2nnc(NC(=O)C(Cc3ccccc3)NC(=O)Nc3cccc(C(F)(F)F)c3)s2)c1. The molecule has 37 heavy (non-hydrogen) atoms. The van der Waals surface area contributed by atoms with Gasteiger partial charge >= 0.3 is 12.2 Å². The van der Waals surface area contributed by atoms with Crippen LogP contribution in [0.5, 0.6) is 0 Å². The number of urea groups is 1. The first-order valence-corrected chi connectivity index (χ1v) is 12.0. The molecule has 0 saturated carbocycles. The van der Waals surface area contributed by atoms with Gasteiger partial charge in [-0.25, -0.2) is 4.79 Å². The van der Waals surface area contributed by atoms with E-state index in [0.29, 0.717) is 5.01 Å². The van der Waals surface area contributed by atoms with Crippen molar-refractivity contribution in [2.45, 2.75) is 25.6 Å². The molecule has 0 radical (unpaired) electrons. The van der Waals surface area contributed by atoms with Gasteiger partial charge in [-0.1, -0.05) is 71.5 Å². The highest BCUT2D eigenvalue weighted by atomic mass is 32.1. The van der Waals surface area contributed by atoms with Crippen molar-refractivity contribution in [3.8, 4) is 10.6 Å². The summed E-state index contributed by atoms with van der Waals surface area (Å²) in [4.78, 5) is 25.8. The van der Waals surface area contributed by atoms with Crippen LogP contribution in [0, 0.1) is 6.92 Å². The predicted molar refractivity (Wildman–Crippen MR) is 136 cm³/mol. The van der Waals surface area contributed by atoms with Gasteiger partial charge < -0.3 is 10.6 Å². The Kier molecular flexibility index (Phi) is 7.83. The second kappa shape index (κ2) is 11.2. The Morgan fingerprint density at radius 1 is 0.919 bits per heavy atom. The normalized spacial score (nSPS) is 12.0. The van der Waals surface area contributed by atoms with Gasteiger partial charge in [-0.05, 0) is 36.8 Å². The standard InChI is InChI=1S/C26H22F3N5O2S/c1-16-7-5-10-18(13-16)23-33-34-25(37-23)32-22(35)21(14-17-8-3-2-4-9-17)31-24(36)30-20-12-6-11-19(15-20)26(27,28)29/h2-13,15,21H,14H2,1H3,(H2,30,31,36)(H,32,34,35). The van der Waals surface area contributed by atoms with Crippen LogP contribution in [0.1, 0.15) is 16.7 Å². The summed E-state index contributed by atoms with van der Waals surface area (Å²) in [6, 6.07) is 19.1. The summed E-state index contributed by atoms with van der Waals surface area (Å²) in [7, 11) is 0. The fourth-order valence-electron chi connectivity index (χ4n) is 3.52. The Morgan fingerprint density at radius 2 is 1.68 bits per heavy atom. The van der Waals surface area contributed by atoms with Gasteiger partial charge in [0.2, 0.25) is 11.0 Å². The summed E-state index contributed by atoms with van der Waals surface area (Å²) in [6.07, 6.45) is -4.41. The zero-order chi connectivity index (χ0) is 26.4. The molecule has 4 rings (SSSR count). The zero-order valence-electron chi connectivity index (χ0n) is 19.5. The molecule has 1 unspecified atom stereocenters. The van der Waals surface area contributed by atoms with Gasteiger partial charge in [0.15, 0.2) is 0 Å². The van der Waals surface area contributed by atoms with E-state index in [2.05, 4.69) is 26.1 Å². The smallest absolute Gasteiger partial charge is 0.326 e. The molecule has 0 saturated heterocycles. The lowest BCUT2D eigenvalue weighted by Crippen LogP contribution is -2.46. The van der Waals surface area contributed by atoms with E-state index >= 15 is 0 Å². The van der Waals surface area contributed by atoms with Crippen molar-refractivity contribution >= 4 is 34.1 Å². The van der Waals surface area contributed by atoms with Crippen molar-refractivity contribution in [2.75, 3.05) is 10.6 Å². The first-order chi connectivity index (χ1) is 17.7. The summed E-state index contributed by atoms with van der Waals surface area (Å²) >= 11 is 1.18. The molecule has 0 aliphatic rings. The number of hydrogen-bond acceptors (Lipinski definition) is 5. The summed E-state index contributed by atoms with van der Waals surface area (Å²) in [5.41, 5.74) is 1.73. The van der Waals surface area contributed by atoms with Crippen LogP contribution in [0.2, 0.25) is 0 Å². The van der Waals surface area contributed by atoms with Crippen LogP contribution in [0.15, 0.2) is 78.9 Å². The second-order valence-corrected chi connectivity index (χ2v) is 9.17. The summed E-state index contributed by atoms with van der Waals surface area (Å²) in [5.74, 6) is -0.546. The maximum absolute atomic E-state index is 13.1. The third-order valence-electron chi connectivity index (χ3n) is 5.27. The molecular formula is C26H22F3N5O2S. The highest BCUT2D eigenvalue weighted by Crippen LogP contribution is 2.30. The van der Waals surface area contributed by atoms with Crippen molar-refractivity contribution < 1.29 is 22.8 Å². The van der Waals surface area contributed by atoms with Crippen molar-refractivity contribution in [3.63, 3.8) is 0 Å². The summed E-state index contributed by atoms with van der Waals surface area (Å²) < 4.78 is 39.0. The number of halogens is 3. The fraction of sp³-hybridized carbons (Fsp3) is 0.154. The van der Waals surface area contributed by atoms with E-state index in [1.165, 1.54) is 23.5 Å². The van der Waals surface area contributed by atoms with Gasteiger partial charge in [-0.2, -0.15) is 13.2 Å². The minimum atomic E-state index is -4.55. The number of aromatic nitrogens is 2. The van der Waals surface area contributed by atoms with Crippen molar-refractivity contribution in [3.05, 3.63) is 95.6 Å². The largest absolute Gasteiger partial charge is 0.416 e. The number of alkyl halides is 3. The summed E-state index contributed by atoms with van der Waals surface area (Å²) in [6.45, 7) is 1.96. The number of hydrogen-bond donors (Lipinski definition) is 3. The number of nitrogens with zero attached hydrogens (tertiary/aromatic N) is 2. The molecule has 0 aliphatic heterocycles. The Labute approximate surface area is 214 Å². The van der Waals surface area contributed by atoms with E-state index in [4.69, 9.17) is 0 Å². The van der Waals surface area contributed by atoms with Crippen LogP contribution in [0.25, 0.3) is 10.6 Å². The lowest BCUT2D eigenvalue weighted by Gasteiger charge is -2.18. The highest BCUT2D eigenvalue weighted by Gasteiger charge is 2.30. The van der Waals surface area contributed by atoms with E-state index in [0.717, 1.165) is 28.8 Å². The third-order valence-corrected chi connectivity index (χ3v) is 6.16. The Bertz CT molecular complexity index is 1390. The number of carbonyl (C=O) groups is 2. The molecule has 0 fully saturated rings. The molecule has 3 aromatic carbocycles. The topological polar surface area (TPSA) is 96.0 Å². The molecule has 190 valence electrons. The second-order valence-electron chi connectivity index (χ2n) is 8.19. The molecule has 7 nitrogen and oxygen atoms in total. The lowest BCUT2D eigenvalue weighted by atomic mass is 10.1. The minimum absolute atomic E-state index is 0.0573. The van der Waals surface area contributed by atoms with E-state index < -0.39 is 29.7 Å². The molecule has 4 aromatic rings. The van der Waals surface area contributed by atoms with Gasteiger partial charge in [0.25, 0.3) is 0 Å². The Balaban J connectivity index is 1.48. The number of nitrogens with one attached hydrogen (secondary N) is 3. The molecule has 3 amide bonds. The lowest BCUT2D eigenvalue weighted by molar-refractivity contribution is -0.137. The zero-order valence-corrected chi connectivity index (χ0v) is 20.4. The number of rotatable bonds is 7. The van der Waals surface area contributed by atoms with E-state index in [-0.39, 0.29) is 17.2 Å². The van der Waals surface area contributed by atoms with Gasteiger partial charge in [0.1, 0.15) is 11.0 Å². The van der Waals surface area contributed by atoms with Crippen LogP contribution in [-0.2, 0) is 17.4 Å². The van der Waals surface area contributed by atoms with Crippen LogP contribution >= 0.6 is 11.3 Å². The molecule has 1 heterocycles. The molecule has 11 heteroatoms. The maximum Gasteiger partial charge on any atom is 0.416 e. The first-order valence-electron chi connectivity index (χ1n) is 11.2. The number of amides is 3. The molecule has 0 aliphatic carbocycles. The van der Waals surface area contributed by atoms with Crippen LogP contribution in [-0.4, -0.2) is 28.2 Å². The monoisotopic (exact) mass is 525 g/mol. The van der Waals surface area contributed by atoms with Crippen molar-refractivity contribution in [2.24, 2.45) is 0 Å². The maximum atomic E-state index is 13.1. The Morgan fingerprint density at radius 3 is 2.41 bits per heavy atom. The number of carbonyl (C=O) groups excluding carboxylic acids is 2. The van der Waals surface area contributed by atoms with Gasteiger partial charge in [0, 0.05) is 17.7 Å². The Hall–Kier alpha value is -4.25. The third kappa shape index (κ3) is 7.14. The fourth-order valence-corrected chi connectivity index (χ4v) is 4.26. The number of benzene rings is 3. The van der Waals surface area contributed by atoms with Crippen molar-refractivity contribution in [1.29, 1.82) is 0 Å². The van der Waals surface area contributed by atoms with Gasteiger partial charge in [-0.15, -0.1) is 10.2 Å². The molecule has 0 bridgehead atoms. The molecule has 1 aromatic heterocycles. The summed E-state index contributed by atoms with van der Waals surface area (Å²) in [5, 5.41) is 16.6. The van der Waals surface area contributed by atoms with Gasteiger partial charge in [0.05, 0.1) is 5.56 Å². The molecular weight excluding hydrogens is 503 g/mol. The van der Waals surface area contributed by atoms with Crippen LogP contribution in [0.4, 0.5) is 28.8 Å². The van der Waals surface area contributed by atoms with E-state index in [1.807, 2.05) is 37.3 Å². The van der Waals surface area contributed by atoms with E-state index in [9.17, 15) is 22.8 Å². The van der Waals surface area contributed by atoms with Crippen LogP contribution < -0.4 is 16.0 Å². The number of aryl methyl sites for hydroxylation is 1. The first kappa shape index (κ1) is 25.8. The predicted octanol–water partition coefficient (Wildman–Crippen LogP) is 5.90. The quantitative estimate of drug-likeness (QED) is 0.280. The molecule has 0 spiro atoms. The van der Waals surface area contributed by atoms with Crippen LogP contribution in [0.3, 0.4) is 0 Å². The van der Waals surface area contributed by atoms with Crippen molar-refractivity contribution in [1.82, 2.24) is 15.5 Å². The molecule has 1 atom stereocenters. The number of anilines is 2. The van der Waals surface area contributed by atoms with E-state index in [1.54, 1.807) is 24.3 Å². The molecule has 3 N–H and O–H groups in total. The highest BCUT2D eigenvalue weighted by molar-refractivity contribution is 7.18.